The smallest absolute Gasteiger partial charge is 0.212 e. The van der Waals surface area contributed by atoms with Crippen molar-refractivity contribution in [3.63, 3.8) is 0 Å². The molecule has 1 aromatic rings. The van der Waals surface area contributed by atoms with Crippen LogP contribution in [0.15, 0.2) is 6.07 Å². The molecule has 2 N–H and O–H groups in total. The van der Waals surface area contributed by atoms with Crippen molar-refractivity contribution in [2.45, 2.75) is 52.1 Å². The molecule has 6 heteroatoms. The Kier molecular flexibility index (Phi) is 5.23. The summed E-state index contributed by atoms with van der Waals surface area (Å²) >= 11 is 1.71. The normalized spacial score (nSPS) is 17.4. The first-order valence-electron chi connectivity index (χ1n) is 7.18. The monoisotopic (exact) mass is 316 g/mol. The molecule has 0 bridgehead atoms. The number of hydrogen-bond acceptors (Lipinski definition) is 4. The number of thiophene rings is 1. The minimum atomic E-state index is -3.20. The van der Waals surface area contributed by atoms with Gasteiger partial charge < -0.3 is 5.32 Å². The van der Waals surface area contributed by atoms with Crippen LogP contribution in [0, 0.1) is 13.8 Å². The molecule has 1 aromatic heterocycles. The van der Waals surface area contributed by atoms with Crippen molar-refractivity contribution in [3.05, 3.63) is 21.4 Å². The molecule has 1 atom stereocenters. The highest BCUT2D eigenvalue weighted by molar-refractivity contribution is 7.89. The summed E-state index contributed by atoms with van der Waals surface area (Å²) in [5, 5.41) is 3.34. The predicted octanol–water partition coefficient (Wildman–Crippen LogP) is 2.49. The first kappa shape index (κ1) is 15.9. The van der Waals surface area contributed by atoms with Crippen molar-refractivity contribution in [1.29, 1.82) is 0 Å². The third kappa shape index (κ3) is 4.84. The van der Waals surface area contributed by atoms with Crippen LogP contribution < -0.4 is 10.0 Å². The van der Waals surface area contributed by atoms with Gasteiger partial charge in [-0.15, -0.1) is 11.3 Å². The average molecular weight is 316 g/mol. The van der Waals surface area contributed by atoms with E-state index >= 15 is 0 Å². The van der Waals surface area contributed by atoms with E-state index in [0.717, 1.165) is 12.1 Å². The van der Waals surface area contributed by atoms with Crippen LogP contribution in [0.1, 0.15) is 47.5 Å². The van der Waals surface area contributed by atoms with E-state index in [1.165, 1.54) is 22.6 Å². The Morgan fingerprint density at radius 1 is 1.40 bits per heavy atom. The van der Waals surface area contributed by atoms with Gasteiger partial charge in [0.05, 0.1) is 5.75 Å². The highest BCUT2D eigenvalue weighted by atomic mass is 32.2. The van der Waals surface area contributed by atoms with E-state index in [1.807, 2.05) is 20.8 Å². The summed E-state index contributed by atoms with van der Waals surface area (Å²) in [5.74, 6) is 0.194. The lowest BCUT2D eigenvalue weighted by Crippen LogP contribution is -2.31. The fourth-order valence-electron chi connectivity index (χ4n) is 2.33. The van der Waals surface area contributed by atoms with E-state index in [-0.39, 0.29) is 11.8 Å². The molecular formula is C14H24N2O2S2. The van der Waals surface area contributed by atoms with Gasteiger partial charge in [0.15, 0.2) is 0 Å². The number of sulfonamides is 1. The highest BCUT2D eigenvalue weighted by Gasteiger charge is 2.21. The Morgan fingerprint density at radius 3 is 2.65 bits per heavy atom. The minimum Gasteiger partial charge on any atom is -0.314 e. The van der Waals surface area contributed by atoms with Crippen LogP contribution in [0.25, 0.3) is 0 Å². The molecule has 2 rings (SSSR count). The quantitative estimate of drug-likeness (QED) is 0.725. The summed E-state index contributed by atoms with van der Waals surface area (Å²) in [6, 6.07) is 2.56. The van der Waals surface area contributed by atoms with Crippen molar-refractivity contribution in [1.82, 2.24) is 10.0 Å². The van der Waals surface area contributed by atoms with Gasteiger partial charge in [0.2, 0.25) is 10.0 Å². The molecule has 20 heavy (non-hydrogen) atoms. The van der Waals surface area contributed by atoms with Gasteiger partial charge in [-0.05, 0) is 58.2 Å². The van der Waals surface area contributed by atoms with Crippen LogP contribution in [-0.4, -0.2) is 26.8 Å². The summed E-state index contributed by atoms with van der Waals surface area (Å²) < 4.78 is 26.9. The van der Waals surface area contributed by atoms with Crippen molar-refractivity contribution in [2.75, 3.05) is 12.3 Å². The van der Waals surface area contributed by atoms with E-state index < -0.39 is 10.0 Å². The van der Waals surface area contributed by atoms with Crippen molar-refractivity contribution in [2.24, 2.45) is 0 Å². The van der Waals surface area contributed by atoms with Crippen molar-refractivity contribution < 1.29 is 8.42 Å². The van der Waals surface area contributed by atoms with Gasteiger partial charge in [0, 0.05) is 21.8 Å². The van der Waals surface area contributed by atoms with E-state index in [1.54, 1.807) is 11.3 Å². The van der Waals surface area contributed by atoms with E-state index in [4.69, 9.17) is 0 Å². The lowest BCUT2D eigenvalue weighted by Gasteiger charge is -2.14. The van der Waals surface area contributed by atoms with Crippen molar-refractivity contribution >= 4 is 21.4 Å². The Balaban J connectivity index is 1.81. The second-order valence-electron chi connectivity index (χ2n) is 5.61. The molecule has 1 fully saturated rings. The predicted molar refractivity (Wildman–Crippen MR) is 84.8 cm³/mol. The zero-order valence-electron chi connectivity index (χ0n) is 12.4. The summed E-state index contributed by atoms with van der Waals surface area (Å²) in [6.07, 6.45) is 3.14. The largest absolute Gasteiger partial charge is 0.314 e. The van der Waals surface area contributed by atoms with Crippen molar-refractivity contribution in [3.8, 4) is 0 Å². The SMILES string of the molecule is Cc1cc(C(C)NS(=O)(=O)CCCNC2CC2)c(C)s1. The lowest BCUT2D eigenvalue weighted by molar-refractivity contribution is 0.560. The minimum absolute atomic E-state index is 0.152. The summed E-state index contributed by atoms with van der Waals surface area (Å²) in [4.78, 5) is 2.41. The van der Waals surface area contributed by atoms with Crippen LogP contribution in [-0.2, 0) is 10.0 Å². The first-order chi connectivity index (χ1) is 9.37. The van der Waals surface area contributed by atoms with E-state index in [0.29, 0.717) is 12.5 Å². The summed E-state index contributed by atoms with van der Waals surface area (Å²) in [5.41, 5.74) is 1.09. The number of aryl methyl sites for hydroxylation is 2. The fourth-order valence-corrected chi connectivity index (χ4v) is 4.66. The molecular weight excluding hydrogens is 292 g/mol. The maximum Gasteiger partial charge on any atom is 0.212 e. The third-order valence-electron chi connectivity index (χ3n) is 3.50. The lowest BCUT2D eigenvalue weighted by atomic mass is 10.1. The topological polar surface area (TPSA) is 58.2 Å². The number of rotatable bonds is 8. The standard InChI is InChI=1S/C14H24N2O2S2/c1-10-9-14(12(3)19-10)11(2)16-20(17,18)8-4-7-15-13-5-6-13/h9,11,13,15-16H,4-8H2,1-3H3. The molecule has 114 valence electrons. The molecule has 1 unspecified atom stereocenters. The Bertz CT molecular complexity index is 548. The van der Waals surface area contributed by atoms with Gasteiger partial charge in [-0.1, -0.05) is 0 Å². The fraction of sp³-hybridized carbons (Fsp3) is 0.714. The number of nitrogens with one attached hydrogen (secondary N) is 2. The molecule has 1 aliphatic rings. The van der Waals surface area contributed by atoms with E-state index in [9.17, 15) is 8.42 Å². The molecule has 0 radical (unpaired) electrons. The van der Waals surface area contributed by atoms with Gasteiger partial charge in [-0.25, -0.2) is 13.1 Å². The highest BCUT2D eigenvalue weighted by Crippen LogP contribution is 2.26. The van der Waals surface area contributed by atoms with Gasteiger partial charge in [-0.2, -0.15) is 0 Å². The molecule has 1 saturated carbocycles. The van der Waals surface area contributed by atoms with Crippen LogP contribution in [0.2, 0.25) is 0 Å². The molecule has 1 heterocycles. The average Bonchev–Trinajstić information content (AvgIpc) is 3.09. The maximum absolute atomic E-state index is 12.1. The third-order valence-corrected chi connectivity index (χ3v) is 6.02. The zero-order valence-corrected chi connectivity index (χ0v) is 14.0. The van der Waals surface area contributed by atoms with Gasteiger partial charge >= 0.3 is 0 Å². The molecule has 0 saturated heterocycles. The van der Waals surface area contributed by atoms with E-state index in [2.05, 4.69) is 16.1 Å². The molecule has 0 amide bonds. The Hall–Kier alpha value is -0.430. The summed E-state index contributed by atoms with van der Waals surface area (Å²) in [7, 11) is -3.20. The molecule has 0 aliphatic heterocycles. The van der Waals surface area contributed by atoms with Gasteiger partial charge in [-0.3, -0.25) is 0 Å². The first-order valence-corrected chi connectivity index (χ1v) is 9.64. The number of hydrogen-bond donors (Lipinski definition) is 2. The molecule has 0 spiro atoms. The Morgan fingerprint density at radius 2 is 2.10 bits per heavy atom. The van der Waals surface area contributed by atoms with Crippen LogP contribution >= 0.6 is 11.3 Å². The maximum atomic E-state index is 12.1. The van der Waals surface area contributed by atoms with Crippen LogP contribution in [0.3, 0.4) is 0 Å². The zero-order chi connectivity index (χ0) is 14.8. The molecule has 4 nitrogen and oxygen atoms in total. The molecule has 1 aliphatic carbocycles. The van der Waals surface area contributed by atoms with Gasteiger partial charge in [0.1, 0.15) is 0 Å². The van der Waals surface area contributed by atoms with Crippen LogP contribution in [0.4, 0.5) is 0 Å². The summed E-state index contributed by atoms with van der Waals surface area (Å²) in [6.45, 7) is 6.79. The second-order valence-corrected chi connectivity index (χ2v) is 8.94. The Labute approximate surface area is 126 Å². The van der Waals surface area contributed by atoms with Gasteiger partial charge in [0.25, 0.3) is 0 Å². The second kappa shape index (κ2) is 6.56. The van der Waals surface area contributed by atoms with Crippen LogP contribution in [0.5, 0.6) is 0 Å². The molecule has 0 aromatic carbocycles.